The fourth-order valence-corrected chi connectivity index (χ4v) is 15.4. The van der Waals surface area contributed by atoms with Gasteiger partial charge in [-0.3, -0.25) is 0 Å². The molecule has 300 valence electrons. The van der Waals surface area contributed by atoms with E-state index >= 15 is 0 Å². The summed E-state index contributed by atoms with van der Waals surface area (Å²) in [5.41, 5.74) is 20.2. The lowest BCUT2D eigenvalue weighted by Gasteiger charge is -2.49. The summed E-state index contributed by atoms with van der Waals surface area (Å²) in [5.74, 6) is 0. The highest BCUT2D eigenvalue weighted by Gasteiger charge is 2.53. The molecule has 0 fully saturated rings. The third-order valence-electron chi connectivity index (χ3n) is 15.0. The number of rotatable bonds is 4. The second kappa shape index (κ2) is 12.9. The normalized spacial score (nSPS) is 16.9. The van der Waals surface area contributed by atoms with Crippen LogP contribution in [0.15, 0.2) is 206 Å². The maximum atomic E-state index is 2.57. The van der Waals surface area contributed by atoms with Crippen LogP contribution in [-0.2, 0) is 10.8 Å². The summed E-state index contributed by atoms with van der Waals surface area (Å²) in [6.07, 6.45) is 0. The van der Waals surface area contributed by atoms with Crippen molar-refractivity contribution in [2.45, 2.75) is 37.8 Å². The molecule has 0 bridgehead atoms. The molecule has 9 aromatic carbocycles. The van der Waals surface area contributed by atoms with Gasteiger partial charge in [-0.05, 0) is 115 Å². The van der Waals surface area contributed by atoms with Crippen LogP contribution in [-0.4, -0.2) is 12.6 Å². The predicted molar refractivity (Wildman–Crippen MR) is 267 cm³/mol. The van der Waals surface area contributed by atoms with E-state index in [-0.39, 0.29) is 5.41 Å². The minimum absolute atomic E-state index is 0.0819. The van der Waals surface area contributed by atoms with Gasteiger partial charge in [-0.1, -0.05) is 185 Å². The van der Waals surface area contributed by atoms with E-state index in [0.29, 0.717) is 0 Å². The molecule has 0 amide bonds. The third-order valence-corrected chi connectivity index (χ3v) is 18.6. The topological polar surface area (TPSA) is 8.17 Å². The molecule has 13 rings (SSSR count). The van der Waals surface area contributed by atoms with E-state index in [1.54, 1.807) is 0 Å². The first-order valence-corrected chi connectivity index (χ1v) is 25.4. The van der Waals surface area contributed by atoms with Crippen LogP contribution in [0, 0.1) is 0 Å². The first kappa shape index (κ1) is 36.5. The molecule has 0 saturated carbocycles. The monoisotopic (exact) mass is 822 g/mol. The van der Waals surface area contributed by atoms with Crippen molar-refractivity contribution >= 4 is 57.3 Å². The summed E-state index contributed by atoms with van der Waals surface area (Å²) < 4.78 is 2.54. The highest BCUT2D eigenvalue weighted by molar-refractivity contribution is 7.01. The highest BCUT2D eigenvalue weighted by Crippen LogP contribution is 2.56. The van der Waals surface area contributed by atoms with Crippen molar-refractivity contribution in [1.29, 1.82) is 0 Å². The summed E-state index contributed by atoms with van der Waals surface area (Å²) in [6, 6.07) is 78.1. The van der Waals surface area contributed by atoms with Gasteiger partial charge in [0.1, 0.15) is 8.07 Å². The van der Waals surface area contributed by atoms with Crippen LogP contribution in [0.5, 0.6) is 0 Å². The van der Waals surface area contributed by atoms with Gasteiger partial charge in [-0.25, -0.2) is 0 Å². The fourth-order valence-electron chi connectivity index (χ4n) is 12.2. The van der Waals surface area contributed by atoms with Crippen molar-refractivity contribution in [3.63, 3.8) is 0 Å². The molecule has 0 saturated heterocycles. The molecule has 0 N–H and O–H groups in total. The van der Waals surface area contributed by atoms with Crippen LogP contribution in [0.4, 0.5) is 17.1 Å². The molecule has 10 aromatic rings. The molecule has 3 aliphatic rings. The van der Waals surface area contributed by atoms with Crippen molar-refractivity contribution in [2.75, 3.05) is 4.90 Å². The lowest BCUT2D eigenvalue weighted by atomic mass is 9.62. The lowest BCUT2D eigenvalue weighted by Crippen LogP contribution is -2.63. The minimum atomic E-state index is -2.21. The Morgan fingerprint density at radius 2 is 1.02 bits per heavy atom. The number of hydrogen-bond acceptors (Lipinski definition) is 1. The van der Waals surface area contributed by atoms with Crippen LogP contribution in [0.3, 0.4) is 0 Å². The molecular weight excluding hydrogens is 777 g/mol. The molecule has 1 aromatic heterocycles. The molecule has 3 heteroatoms. The van der Waals surface area contributed by atoms with E-state index in [1.807, 2.05) is 0 Å². The summed E-state index contributed by atoms with van der Waals surface area (Å²) in [7, 11) is -2.21. The van der Waals surface area contributed by atoms with E-state index in [0.717, 1.165) is 11.4 Å². The number of hydrogen-bond donors (Lipinski definition) is 0. The molecule has 1 spiro atoms. The van der Waals surface area contributed by atoms with Gasteiger partial charge in [0.25, 0.3) is 0 Å². The van der Waals surface area contributed by atoms with Crippen molar-refractivity contribution in [3.05, 3.63) is 240 Å². The Balaban J connectivity index is 0.978. The van der Waals surface area contributed by atoms with Gasteiger partial charge < -0.3 is 9.47 Å². The minimum Gasteiger partial charge on any atom is -0.310 e. The van der Waals surface area contributed by atoms with Gasteiger partial charge >= 0.3 is 0 Å². The number of fused-ring (bicyclic) bond motifs is 14. The SMILES string of the molecule is CC1(C)c2ccccc2-c2ccc(N(c3ccccc3)c3ccc(-c4ccc5c(c4)[Si](C)(C)c4ccccc4C54c5ccccc5-n5c6ccccc6c6cccc4c65)cc3)cc21. The molecule has 1 aliphatic carbocycles. The third kappa shape index (κ3) is 4.78. The van der Waals surface area contributed by atoms with Gasteiger partial charge in [0, 0.05) is 33.2 Å². The molecule has 63 heavy (non-hydrogen) atoms. The summed E-state index contributed by atoms with van der Waals surface area (Å²) in [4.78, 5) is 2.41. The Hall–Kier alpha value is -7.20. The molecule has 1 atom stereocenters. The quantitative estimate of drug-likeness (QED) is 0.161. The Labute approximate surface area is 370 Å². The lowest BCUT2D eigenvalue weighted by molar-refractivity contribution is 0.660. The smallest absolute Gasteiger partial charge is 0.113 e. The van der Waals surface area contributed by atoms with Gasteiger partial charge in [-0.15, -0.1) is 0 Å². The summed E-state index contributed by atoms with van der Waals surface area (Å²) in [6.45, 7) is 9.84. The summed E-state index contributed by atoms with van der Waals surface area (Å²) >= 11 is 0. The Bertz CT molecular complexity index is 3520. The van der Waals surface area contributed by atoms with E-state index in [1.165, 1.54) is 99.2 Å². The Morgan fingerprint density at radius 3 is 1.86 bits per heavy atom. The predicted octanol–water partition coefficient (Wildman–Crippen LogP) is 14.1. The van der Waals surface area contributed by atoms with Crippen LogP contribution in [0.25, 0.3) is 49.7 Å². The number of nitrogens with zero attached hydrogens (tertiary/aromatic N) is 2. The zero-order chi connectivity index (χ0) is 42.2. The molecule has 1 unspecified atom stereocenters. The average Bonchev–Trinajstić information content (AvgIpc) is 3.79. The van der Waals surface area contributed by atoms with Crippen LogP contribution < -0.4 is 15.3 Å². The van der Waals surface area contributed by atoms with Crippen molar-refractivity contribution in [1.82, 2.24) is 4.57 Å². The zero-order valence-corrected chi connectivity index (χ0v) is 37.0. The molecule has 3 heterocycles. The largest absolute Gasteiger partial charge is 0.310 e. The van der Waals surface area contributed by atoms with E-state index in [4.69, 9.17) is 0 Å². The number of para-hydroxylation sites is 4. The van der Waals surface area contributed by atoms with Crippen molar-refractivity contribution in [2.24, 2.45) is 0 Å². The van der Waals surface area contributed by atoms with Crippen LogP contribution >= 0.6 is 0 Å². The average molecular weight is 823 g/mol. The van der Waals surface area contributed by atoms with E-state index in [2.05, 4.69) is 243 Å². The summed E-state index contributed by atoms with van der Waals surface area (Å²) in [5, 5.41) is 5.63. The van der Waals surface area contributed by atoms with Gasteiger partial charge in [0.15, 0.2) is 0 Å². The first-order chi connectivity index (χ1) is 30.8. The van der Waals surface area contributed by atoms with Crippen molar-refractivity contribution < 1.29 is 0 Å². The number of benzene rings is 9. The van der Waals surface area contributed by atoms with Gasteiger partial charge in [0.2, 0.25) is 0 Å². The van der Waals surface area contributed by atoms with E-state index in [9.17, 15) is 0 Å². The second-order valence-electron chi connectivity index (χ2n) is 18.9. The Kier molecular flexibility index (Phi) is 7.47. The first-order valence-electron chi connectivity index (χ1n) is 22.4. The highest BCUT2D eigenvalue weighted by atomic mass is 28.3. The van der Waals surface area contributed by atoms with Gasteiger partial charge in [0.05, 0.1) is 22.1 Å². The Morgan fingerprint density at radius 1 is 0.413 bits per heavy atom. The van der Waals surface area contributed by atoms with E-state index < -0.39 is 13.5 Å². The molecule has 2 aliphatic heterocycles. The standard InChI is InChI=1S/C60H46N2Si/c1-59(2)48-22-10-8-19-44(48)45-35-34-43(38-53(45)59)61(41-17-6-5-7-18-41)42-32-29-39(30-33-42)40-31-36-51-57(37-40)63(3,4)56-28-15-12-24-50(56)60(51)49-23-11-14-27-55(49)62-54-26-13-9-20-46(54)47-21-16-25-52(60)58(47)62/h5-38H,1-4H3. The maximum absolute atomic E-state index is 2.57. The molecule has 2 nitrogen and oxygen atoms in total. The van der Waals surface area contributed by atoms with Crippen LogP contribution in [0.1, 0.15) is 47.2 Å². The second-order valence-corrected chi connectivity index (χ2v) is 23.2. The van der Waals surface area contributed by atoms with Gasteiger partial charge in [-0.2, -0.15) is 0 Å². The van der Waals surface area contributed by atoms with Crippen LogP contribution in [0.2, 0.25) is 13.1 Å². The number of anilines is 3. The van der Waals surface area contributed by atoms with Crippen molar-refractivity contribution in [3.8, 4) is 27.9 Å². The molecule has 0 radical (unpaired) electrons. The maximum Gasteiger partial charge on any atom is 0.113 e. The number of aromatic nitrogens is 1. The molecular formula is C60H46N2Si. The fraction of sp³-hybridized carbons (Fsp3) is 0.100. The zero-order valence-electron chi connectivity index (χ0n) is 36.0.